The molecule has 4 aliphatic heterocycles. The Hall–Kier alpha value is -2.31. The van der Waals surface area contributed by atoms with Crippen molar-refractivity contribution in [2.75, 3.05) is 26.7 Å². The van der Waals surface area contributed by atoms with E-state index >= 15 is 0 Å². The van der Waals surface area contributed by atoms with Crippen LogP contribution in [0.1, 0.15) is 26.7 Å². The van der Waals surface area contributed by atoms with Gasteiger partial charge in [0, 0.05) is 36.8 Å². The van der Waals surface area contributed by atoms with Crippen LogP contribution in [0.5, 0.6) is 0 Å². The minimum Gasteiger partial charge on any atom is -0.449 e. The summed E-state index contributed by atoms with van der Waals surface area (Å²) in [5.74, 6) is -0.965. The summed E-state index contributed by atoms with van der Waals surface area (Å²) < 4.78 is 5.04. The Morgan fingerprint density at radius 3 is 2.73 bits per heavy atom. The molecule has 7 atom stereocenters. The molecular formula is C21H31N5O6S. The van der Waals surface area contributed by atoms with E-state index in [0.717, 1.165) is 12.8 Å². The molecule has 0 radical (unpaired) electrons. The van der Waals surface area contributed by atoms with Crippen molar-refractivity contribution in [2.45, 2.75) is 56.2 Å². The molecule has 6 unspecified atom stereocenters. The quantitative estimate of drug-likeness (QED) is 0.175. The smallest absolute Gasteiger partial charge is 0.449 e. The second-order valence-corrected chi connectivity index (χ2v) is 10.6. The molecule has 0 spiro atoms. The van der Waals surface area contributed by atoms with Crippen LogP contribution in [0, 0.1) is 17.2 Å². The van der Waals surface area contributed by atoms with E-state index in [1.165, 1.54) is 16.7 Å². The topological polar surface area (TPSA) is 147 Å². The number of amides is 2. The Bertz CT molecular complexity index is 881. The van der Waals surface area contributed by atoms with E-state index in [2.05, 4.69) is 5.32 Å². The molecule has 0 bridgehead atoms. The maximum Gasteiger partial charge on any atom is 0.512 e. The molecular weight excluding hydrogens is 450 g/mol. The van der Waals surface area contributed by atoms with Crippen molar-refractivity contribution >= 4 is 36.1 Å². The van der Waals surface area contributed by atoms with E-state index in [-0.39, 0.29) is 47.0 Å². The number of carbonyl (C=O) groups excluding carboxylic acids is 2. The number of hydrogen-bond donors (Lipinski definition) is 4. The molecule has 0 aromatic heterocycles. The Morgan fingerprint density at radius 2 is 2.09 bits per heavy atom. The van der Waals surface area contributed by atoms with Gasteiger partial charge in [-0.05, 0) is 26.8 Å². The summed E-state index contributed by atoms with van der Waals surface area (Å²) in [6.45, 7) is 5.37. The fourth-order valence-corrected chi connectivity index (χ4v) is 7.08. The fraction of sp³-hybridized carbons (Fsp3) is 0.714. The number of aliphatic hydroxyl groups excluding tert-OH is 1. The monoisotopic (exact) mass is 481 g/mol. The van der Waals surface area contributed by atoms with Gasteiger partial charge in [-0.25, -0.2) is 4.79 Å². The minimum absolute atomic E-state index is 0.0331. The SMILES string of the molecule is CC(O)C1C(=O)N2C(OC(=O)O)=C(SC3CC(C(=O)N4CCC(NC=N)C4)N(C)C3)C(C)[C@@H]12. The van der Waals surface area contributed by atoms with E-state index in [1.807, 2.05) is 23.8 Å². The van der Waals surface area contributed by atoms with Gasteiger partial charge in [0.1, 0.15) is 0 Å². The highest BCUT2D eigenvalue weighted by Crippen LogP contribution is 2.52. The van der Waals surface area contributed by atoms with Gasteiger partial charge in [0.2, 0.25) is 17.7 Å². The van der Waals surface area contributed by atoms with E-state index in [1.54, 1.807) is 6.92 Å². The van der Waals surface area contributed by atoms with E-state index in [9.17, 15) is 24.6 Å². The third-order valence-corrected chi connectivity index (χ3v) is 8.63. The van der Waals surface area contributed by atoms with Crippen molar-refractivity contribution in [3.05, 3.63) is 10.8 Å². The lowest BCUT2D eigenvalue weighted by atomic mass is 9.79. The third kappa shape index (κ3) is 4.19. The third-order valence-electron chi connectivity index (χ3n) is 7.16. The molecule has 2 amide bonds. The molecule has 33 heavy (non-hydrogen) atoms. The predicted octanol–water partition coefficient (Wildman–Crippen LogP) is 0.311. The number of β-lactam (4-membered cyclic amide) rings is 1. The first-order chi connectivity index (χ1) is 15.6. The molecule has 4 N–H and O–H groups in total. The van der Waals surface area contributed by atoms with E-state index in [4.69, 9.17) is 10.1 Å². The Labute approximate surface area is 196 Å². The van der Waals surface area contributed by atoms with Crippen LogP contribution in [0.3, 0.4) is 0 Å². The lowest BCUT2D eigenvalue weighted by molar-refractivity contribution is -0.163. The van der Waals surface area contributed by atoms with Crippen LogP contribution in [-0.4, -0.2) is 105 Å². The highest BCUT2D eigenvalue weighted by atomic mass is 32.2. The van der Waals surface area contributed by atoms with Crippen LogP contribution in [0.15, 0.2) is 10.8 Å². The van der Waals surface area contributed by atoms with E-state index in [0.29, 0.717) is 31.0 Å². The molecule has 3 saturated heterocycles. The number of thioether (sulfide) groups is 1. The molecule has 182 valence electrons. The first-order valence-corrected chi connectivity index (χ1v) is 12.1. The van der Waals surface area contributed by atoms with Crippen LogP contribution < -0.4 is 5.32 Å². The first-order valence-electron chi connectivity index (χ1n) is 11.2. The molecule has 4 heterocycles. The van der Waals surface area contributed by atoms with Gasteiger partial charge in [0.25, 0.3) is 0 Å². The van der Waals surface area contributed by atoms with Crippen molar-refractivity contribution in [1.29, 1.82) is 5.41 Å². The maximum absolute atomic E-state index is 13.1. The molecule has 0 aromatic carbocycles. The number of carbonyl (C=O) groups is 3. The van der Waals surface area contributed by atoms with Gasteiger partial charge in [0.15, 0.2) is 0 Å². The number of likely N-dealkylation sites (N-methyl/N-ethyl adjacent to an activating group) is 1. The molecule has 0 aliphatic carbocycles. The van der Waals surface area contributed by atoms with E-state index < -0.39 is 18.2 Å². The molecule has 4 aliphatic rings. The number of nitrogens with zero attached hydrogens (tertiary/aromatic N) is 3. The number of fused-ring (bicyclic) bond motifs is 1. The average Bonchev–Trinajstić information content (AvgIpc) is 3.39. The molecule has 0 aromatic rings. The zero-order valence-electron chi connectivity index (χ0n) is 18.9. The zero-order chi connectivity index (χ0) is 24.0. The van der Waals surface area contributed by atoms with Crippen LogP contribution in [0.2, 0.25) is 0 Å². The largest absolute Gasteiger partial charge is 0.512 e. The Kier molecular flexibility index (Phi) is 6.61. The summed E-state index contributed by atoms with van der Waals surface area (Å²) in [5.41, 5.74) is 0. The number of likely N-dealkylation sites (tertiary alicyclic amines) is 2. The highest BCUT2D eigenvalue weighted by molar-refractivity contribution is 8.03. The summed E-state index contributed by atoms with van der Waals surface area (Å²) in [6.07, 6.45) is 0.265. The standard InChI is InChI=1S/C21H31N5O6S/c1-10-16-15(11(2)27)19(29)26(16)20(32-21(30)31)17(10)33-13-6-14(24(3)8-13)18(28)25-5-4-12(7-25)23-9-22/h9-16,27H,4-8H2,1-3H3,(H2,22,23)(H,30,31)/t10?,11?,12?,13?,14?,15?,16-/m0/s1. The number of aliphatic hydroxyl groups is 1. The number of nitrogens with one attached hydrogen (secondary N) is 2. The second-order valence-electron chi connectivity index (χ2n) is 9.30. The highest BCUT2D eigenvalue weighted by Gasteiger charge is 2.60. The lowest BCUT2D eigenvalue weighted by Crippen LogP contribution is -2.63. The van der Waals surface area contributed by atoms with Crippen LogP contribution in [0.25, 0.3) is 0 Å². The van der Waals surface area contributed by atoms with Gasteiger partial charge in [-0.3, -0.25) is 24.8 Å². The Morgan fingerprint density at radius 1 is 1.36 bits per heavy atom. The maximum atomic E-state index is 13.1. The minimum atomic E-state index is -1.48. The van der Waals surface area contributed by atoms with Gasteiger partial charge < -0.3 is 25.2 Å². The lowest BCUT2D eigenvalue weighted by Gasteiger charge is -2.45. The van der Waals surface area contributed by atoms with Gasteiger partial charge in [-0.15, -0.1) is 11.8 Å². The van der Waals surface area contributed by atoms with Crippen molar-refractivity contribution in [1.82, 2.24) is 20.0 Å². The van der Waals surface area contributed by atoms with Crippen molar-refractivity contribution < 1.29 is 29.3 Å². The number of ether oxygens (including phenoxy) is 1. The summed E-state index contributed by atoms with van der Waals surface area (Å²) in [5, 5.41) is 29.4. The number of rotatable bonds is 7. The average molecular weight is 482 g/mol. The summed E-state index contributed by atoms with van der Waals surface area (Å²) >= 11 is 1.47. The fourth-order valence-electron chi connectivity index (χ4n) is 5.53. The zero-order valence-corrected chi connectivity index (χ0v) is 19.7. The predicted molar refractivity (Wildman–Crippen MR) is 120 cm³/mol. The number of hydrogen-bond acceptors (Lipinski definition) is 8. The van der Waals surface area contributed by atoms with Crippen molar-refractivity contribution in [2.24, 2.45) is 11.8 Å². The van der Waals surface area contributed by atoms with Gasteiger partial charge in [0.05, 0.1) is 35.3 Å². The molecule has 11 nitrogen and oxygen atoms in total. The molecule has 3 fully saturated rings. The van der Waals surface area contributed by atoms with Crippen LogP contribution in [-0.2, 0) is 14.3 Å². The molecule has 12 heteroatoms. The van der Waals surface area contributed by atoms with Crippen molar-refractivity contribution in [3.63, 3.8) is 0 Å². The molecule has 4 rings (SSSR count). The summed E-state index contributed by atoms with van der Waals surface area (Å²) in [4.78, 5) is 43.0. The van der Waals surface area contributed by atoms with Crippen molar-refractivity contribution in [3.8, 4) is 0 Å². The summed E-state index contributed by atoms with van der Waals surface area (Å²) in [6, 6.07) is -0.493. The molecule has 0 saturated carbocycles. The van der Waals surface area contributed by atoms with Gasteiger partial charge in [-0.2, -0.15) is 0 Å². The summed E-state index contributed by atoms with van der Waals surface area (Å²) in [7, 11) is 1.91. The van der Waals surface area contributed by atoms with Crippen LogP contribution >= 0.6 is 11.8 Å². The second kappa shape index (κ2) is 9.15. The normalized spacial score (nSPS) is 34.8. The first kappa shape index (κ1) is 23.8. The van der Waals surface area contributed by atoms with Gasteiger partial charge in [-0.1, -0.05) is 6.92 Å². The Balaban J connectivity index is 1.46. The number of carboxylic acid groups (broad SMARTS) is 1. The van der Waals surface area contributed by atoms with Gasteiger partial charge >= 0.3 is 6.16 Å². The van der Waals surface area contributed by atoms with Crippen LogP contribution in [0.4, 0.5) is 4.79 Å².